The van der Waals surface area contributed by atoms with Gasteiger partial charge >= 0.3 is 0 Å². The molecule has 0 bridgehead atoms. The fourth-order valence-corrected chi connectivity index (χ4v) is 3.39. The number of anilines is 1. The van der Waals surface area contributed by atoms with Gasteiger partial charge in [0.2, 0.25) is 0 Å². The quantitative estimate of drug-likeness (QED) is 0.739. The fraction of sp³-hybridized carbons (Fsp3) is 0.353. The predicted octanol–water partition coefficient (Wildman–Crippen LogP) is 2.39. The standard InChI is InChI=1S/C17H17Cl2N5O2/c1-23-13-7-11(19)10(18)6-12(13)20-15(23)8-14-21-16(9-17(25)22-14)24-2-4-26-5-3-24/h6-7,9H,2-5,8H2,1H3,(H,21,22,25). The van der Waals surface area contributed by atoms with Crippen molar-refractivity contribution in [2.75, 3.05) is 31.2 Å². The van der Waals surface area contributed by atoms with Crippen LogP contribution in [-0.4, -0.2) is 45.8 Å². The molecule has 0 spiro atoms. The van der Waals surface area contributed by atoms with Gasteiger partial charge < -0.3 is 19.2 Å². The number of nitrogens with zero attached hydrogens (tertiary/aromatic N) is 4. The molecule has 0 saturated carbocycles. The molecule has 26 heavy (non-hydrogen) atoms. The molecule has 0 aliphatic carbocycles. The molecule has 3 heterocycles. The van der Waals surface area contributed by atoms with Crippen molar-refractivity contribution in [2.45, 2.75) is 6.42 Å². The Morgan fingerprint density at radius 1 is 1.15 bits per heavy atom. The molecule has 1 fully saturated rings. The van der Waals surface area contributed by atoms with Gasteiger partial charge in [0.25, 0.3) is 5.56 Å². The van der Waals surface area contributed by atoms with Gasteiger partial charge in [-0.3, -0.25) is 4.79 Å². The number of rotatable bonds is 3. The van der Waals surface area contributed by atoms with Gasteiger partial charge in [-0.1, -0.05) is 23.2 Å². The first-order chi connectivity index (χ1) is 12.5. The van der Waals surface area contributed by atoms with Gasteiger partial charge in [0.15, 0.2) is 0 Å². The molecule has 0 amide bonds. The summed E-state index contributed by atoms with van der Waals surface area (Å²) in [5.41, 5.74) is 1.45. The van der Waals surface area contributed by atoms with Crippen LogP contribution < -0.4 is 10.5 Å². The number of halogens is 2. The van der Waals surface area contributed by atoms with Crippen molar-refractivity contribution in [1.29, 1.82) is 0 Å². The van der Waals surface area contributed by atoms with Crippen molar-refractivity contribution in [3.63, 3.8) is 0 Å². The molecule has 1 saturated heterocycles. The third-order valence-corrected chi connectivity index (χ3v) is 5.18. The Kier molecular flexibility index (Phi) is 4.60. The molecule has 0 unspecified atom stereocenters. The Balaban J connectivity index is 1.69. The van der Waals surface area contributed by atoms with Gasteiger partial charge in [0, 0.05) is 26.2 Å². The van der Waals surface area contributed by atoms with Crippen molar-refractivity contribution in [3.8, 4) is 0 Å². The molecule has 1 aromatic carbocycles. The number of hydrogen-bond donors (Lipinski definition) is 1. The zero-order chi connectivity index (χ0) is 18.3. The first-order valence-electron chi connectivity index (χ1n) is 8.24. The maximum absolute atomic E-state index is 12.1. The van der Waals surface area contributed by atoms with E-state index in [2.05, 4.69) is 19.9 Å². The average Bonchev–Trinajstić information content (AvgIpc) is 2.91. The minimum Gasteiger partial charge on any atom is -0.378 e. The van der Waals surface area contributed by atoms with Crippen molar-refractivity contribution in [1.82, 2.24) is 19.5 Å². The lowest BCUT2D eigenvalue weighted by Gasteiger charge is -2.27. The molecule has 0 atom stereocenters. The number of aromatic amines is 1. The van der Waals surface area contributed by atoms with Crippen LogP contribution in [0.3, 0.4) is 0 Å². The van der Waals surface area contributed by atoms with Crippen LogP contribution in [0.5, 0.6) is 0 Å². The number of hydrogen-bond acceptors (Lipinski definition) is 5. The monoisotopic (exact) mass is 393 g/mol. The summed E-state index contributed by atoms with van der Waals surface area (Å²) in [6, 6.07) is 5.04. The van der Waals surface area contributed by atoms with Crippen molar-refractivity contribution < 1.29 is 4.74 Å². The molecule has 136 valence electrons. The van der Waals surface area contributed by atoms with E-state index in [0.29, 0.717) is 41.3 Å². The minimum absolute atomic E-state index is 0.179. The molecule has 1 aliphatic rings. The summed E-state index contributed by atoms with van der Waals surface area (Å²) in [6.07, 6.45) is 0.397. The van der Waals surface area contributed by atoms with E-state index in [-0.39, 0.29) is 5.56 Å². The van der Waals surface area contributed by atoms with E-state index in [1.807, 2.05) is 11.6 Å². The van der Waals surface area contributed by atoms with E-state index in [9.17, 15) is 4.79 Å². The Morgan fingerprint density at radius 3 is 2.65 bits per heavy atom. The van der Waals surface area contributed by atoms with Gasteiger partial charge in [-0.05, 0) is 12.1 Å². The van der Waals surface area contributed by atoms with Gasteiger partial charge in [0.05, 0.1) is 40.7 Å². The second-order valence-corrected chi connectivity index (χ2v) is 6.98. The van der Waals surface area contributed by atoms with Crippen molar-refractivity contribution in [2.24, 2.45) is 7.05 Å². The second kappa shape index (κ2) is 6.90. The smallest absolute Gasteiger partial charge is 0.252 e. The highest BCUT2D eigenvalue weighted by atomic mass is 35.5. The van der Waals surface area contributed by atoms with Crippen LogP contribution in [0.2, 0.25) is 10.0 Å². The lowest BCUT2D eigenvalue weighted by atomic mass is 10.3. The number of H-pyrrole nitrogens is 1. The lowest BCUT2D eigenvalue weighted by Crippen LogP contribution is -2.37. The van der Waals surface area contributed by atoms with Gasteiger partial charge in [-0.15, -0.1) is 0 Å². The molecular weight excluding hydrogens is 377 g/mol. The van der Waals surface area contributed by atoms with Crippen molar-refractivity contribution >= 4 is 40.1 Å². The van der Waals surface area contributed by atoms with Crippen LogP contribution in [0.15, 0.2) is 23.0 Å². The molecule has 3 aromatic rings. The highest BCUT2D eigenvalue weighted by Gasteiger charge is 2.16. The summed E-state index contributed by atoms with van der Waals surface area (Å²) in [5.74, 6) is 1.99. The highest BCUT2D eigenvalue weighted by molar-refractivity contribution is 6.42. The number of morpholine rings is 1. The van der Waals surface area contributed by atoms with E-state index in [4.69, 9.17) is 27.9 Å². The average molecular weight is 394 g/mol. The molecule has 7 nitrogen and oxygen atoms in total. The third-order valence-electron chi connectivity index (χ3n) is 4.45. The van der Waals surface area contributed by atoms with Crippen molar-refractivity contribution in [3.05, 3.63) is 50.2 Å². The highest BCUT2D eigenvalue weighted by Crippen LogP contribution is 2.28. The summed E-state index contributed by atoms with van der Waals surface area (Å²) < 4.78 is 7.29. The Labute approximate surface area is 159 Å². The van der Waals surface area contributed by atoms with E-state index in [1.54, 1.807) is 12.1 Å². The number of aromatic nitrogens is 4. The summed E-state index contributed by atoms with van der Waals surface area (Å²) in [4.78, 5) is 26.1. The Morgan fingerprint density at radius 2 is 1.88 bits per heavy atom. The molecule has 4 rings (SSSR count). The number of ether oxygens (including phenoxy) is 1. The maximum Gasteiger partial charge on any atom is 0.252 e. The van der Waals surface area contributed by atoms with Gasteiger partial charge in [0.1, 0.15) is 17.5 Å². The first kappa shape index (κ1) is 17.3. The van der Waals surface area contributed by atoms with E-state index >= 15 is 0 Å². The summed E-state index contributed by atoms with van der Waals surface area (Å²) in [5, 5.41) is 0.944. The SMILES string of the molecule is Cn1c(Cc2nc(N3CCOCC3)cc(=O)[nH]2)nc2cc(Cl)c(Cl)cc21. The predicted molar refractivity (Wildman–Crippen MR) is 101 cm³/mol. The largest absolute Gasteiger partial charge is 0.378 e. The van der Waals surface area contributed by atoms with E-state index in [1.165, 1.54) is 6.07 Å². The van der Waals surface area contributed by atoms with Gasteiger partial charge in [-0.2, -0.15) is 0 Å². The molecule has 1 N–H and O–H groups in total. The number of benzene rings is 1. The molecule has 9 heteroatoms. The minimum atomic E-state index is -0.179. The van der Waals surface area contributed by atoms with Crippen LogP contribution >= 0.6 is 23.2 Å². The van der Waals surface area contributed by atoms with E-state index < -0.39 is 0 Å². The fourth-order valence-electron chi connectivity index (χ4n) is 3.08. The lowest BCUT2D eigenvalue weighted by molar-refractivity contribution is 0.122. The summed E-state index contributed by atoms with van der Waals surface area (Å²) >= 11 is 12.2. The van der Waals surface area contributed by atoms with E-state index in [0.717, 1.165) is 29.9 Å². The first-order valence-corrected chi connectivity index (χ1v) is 9.00. The Bertz CT molecular complexity index is 1020. The molecule has 1 aliphatic heterocycles. The zero-order valence-corrected chi connectivity index (χ0v) is 15.6. The zero-order valence-electron chi connectivity index (χ0n) is 14.1. The third kappa shape index (κ3) is 3.30. The summed E-state index contributed by atoms with van der Waals surface area (Å²) in [7, 11) is 1.90. The Hall–Kier alpha value is -2.09. The molecular formula is C17H17Cl2N5O2. The van der Waals surface area contributed by atoms with Crippen LogP contribution in [0, 0.1) is 0 Å². The molecule has 0 radical (unpaired) electrons. The van der Waals surface area contributed by atoms with Crippen LogP contribution in [0.4, 0.5) is 5.82 Å². The maximum atomic E-state index is 12.1. The second-order valence-electron chi connectivity index (χ2n) is 6.17. The number of imidazole rings is 1. The number of nitrogens with one attached hydrogen (secondary N) is 1. The van der Waals surface area contributed by atoms with Crippen LogP contribution in [0.25, 0.3) is 11.0 Å². The molecule has 2 aromatic heterocycles. The summed E-state index contributed by atoms with van der Waals surface area (Å²) in [6.45, 7) is 2.71. The number of fused-ring (bicyclic) bond motifs is 1. The van der Waals surface area contributed by atoms with Crippen LogP contribution in [-0.2, 0) is 18.2 Å². The van der Waals surface area contributed by atoms with Crippen LogP contribution in [0.1, 0.15) is 11.6 Å². The normalized spacial score (nSPS) is 15.0. The topological polar surface area (TPSA) is 76.0 Å². The number of aryl methyl sites for hydroxylation is 1. The van der Waals surface area contributed by atoms with Gasteiger partial charge in [-0.25, -0.2) is 9.97 Å².